The maximum absolute atomic E-state index is 12.3. The van der Waals surface area contributed by atoms with Crippen molar-refractivity contribution in [2.24, 2.45) is 4.99 Å². The Kier molecular flexibility index (Phi) is 4.94. The number of urea groups is 1. The van der Waals surface area contributed by atoms with E-state index in [1.807, 2.05) is 49.1 Å². The average Bonchev–Trinajstić information content (AvgIpc) is 2.84. The minimum absolute atomic E-state index is 0.00220. The van der Waals surface area contributed by atoms with E-state index in [0.29, 0.717) is 13.1 Å². The Hall–Kier alpha value is -3.02. The fourth-order valence-corrected chi connectivity index (χ4v) is 3.54. The quantitative estimate of drug-likeness (QED) is 0.818. The maximum atomic E-state index is 12.3. The van der Waals surface area contributed by atoms with Gasteiger partial charge < -0.3 is 19.9 Å². The minimum atomic E-state index is 0.00220. The summed E-state index contributed by atoms with van der Waals surface area (Å²) in [6.07, 6.45) is 0. The summed E-state index contributed by atoms with van der Waals surface area (Å²) in [5.41, 5.74) is 2.98. The molecule has 2 aromatic carbocycles. The van der Waals surface area contributed by atoms with Crippen molar-refractivity contribution in [2.45, 2.75) is 26.8 Å². The molecule has 2 heterocycles. The van der Waals surface area contributed by atoms with E-state index in [0.717, 1.165) is 47.2 Å². The second-order valence-corrected chi connectivity index (χ2v) is 7.58. The molecule has 1 N–H and O–H groups in total. The number of amides is 2. The van der Waals surface area contributed by atoms with Gasteiger partial charge in [0.2, 0.25) is 0 Å². The molecule has 1 fully saturated rings. The zero-order chi connectivity index (χ0) is 19.7. The third-order valence-corrected chi connectivity index (χ3v) is 4.97. The Morgan fingerprint density at radius 2 is 1.82 bits per heavy atom. The molecule has 0 unspecified atom stereocenters. The van der Waals surface area contributed by atoms with Crippen molar-refractivity contribution in [2.75, 3.05) is 26.2 Å². The molecule has 146 valence electrons. The predicted octanol–water partition coefficient (Wildman–Crippen LogP) is 3.91. The number of benzene rings is 2. The Morgan fingerprint density at radius 1 is 1.07 bits per heavy atom. The first-order valence-corrected chi connectivity index (χ1v) is 9.78. The molecule has 0 aliphatic carbocycles. The first-order valence-electron chi connectivity index (χ1n) is 9.78. The van der Waals surface area contributed by atoms with Crippen LogP contribution in [-0.2, 0) is 0 Å². The van der Waals surface area contributed by atoms with Crippen LogP contribution in [0.5, 0.6) is 11.5 Å². The molecule has 2 aliphatic rings. The van der Waals surface area contributed by atoms with Crippen molar-refractivity contribution in [3.63, 3.8) is 0 Å². The molecule has 0 bridgehead atoms. The van der Waals surface area contributed by atoms with E-state index in [1.165, 1.54) is 0 Å². The van der Waals surface area contributed by atoms with Gasteiger partial charge in [-0.05, 0) is 45.0 Å². The number of aryl methyl sites for hydroxylation is 1. The molecule has 4 rings (SSSR count). The molecular weight excluding hydrogens is 352 g/mol. The number of aliphatic imine (C=N–C) groups is 1. The number of nitrogens with zero attached hydrogens (tertiary/aromatic N) is 3. The number of amidine groups is 1. The lowest BCUT2D eigenvalue weighted by molar-refractivity contribution is 0.167. The molecular formula is C22H26N4O2. The highest BCUT2D eigenvalue weighted by Crippen LogP contribution is 2.38. The van der Waals surface area contributed by atoms with Gasteiger partial charge in [0.25, 0.3) is 0 Å². The van der Waals surface area contributed by atoms with Gasteiger partial charge in [0.05, 0.1) is 5.56 Å². The van der Waals surface area contributed by atoms with Gasteiger partial charge in [0.1, 0.15) is 17.3 Å². The SMILES string of the molecule is Cc1ccc2c(c1)C(N1CCN(C(=O)NC(C)C)CC1)=Nc1ccccc1O2. The van der Waals surface area contributed by atoms with Gasteiger partial charge in [0, 0.05) is 32.2 Å². The Morgan fingerprint density at radius 3 is 2.57 bits per heavy atom. The standard InChI is InChI=1S/C22H26N4O2/c1-15(2)23-22(27)26-12-10-25(11-13-26)21-17-14-16(3)8-9-19(17)28-20-7-5-4-6-18(20)24-21/h4-9,14-15H,10-13H2,1-3H3,(H,23,27). The van der Waals surface area contributed by atoms with E-state index >= 15 is 0 Å². The summed E-state index contributed by atoms with van der Waals surface area (Å²) in [5.74, 6) is 2.49. The van der Waals surface area contributed by atoms with Crippen LogP contribution in [0.15, 0.2) is 47.5 Å². The van der Waals surface area contributed by atoms with Gasteiger partial charge in [-0.25, -0.2) is 9.79 Å². The number of fused-ring (bicyclic) bond motifs is 2. The number of carbonyl (C=O) groups is 1. The van der Waals surface area contributed by atoms with Crippen molar-refractivity contribution in [1.29, 1.82) is 0 Å². The molecule has 1 saturated heterocycles. The van der Waals surface area contributed by atoms with Gasteiger partial charge in [0.15, 0.2) is 5.75 Å². The summed E-state index contributed by atoms with van der Waals surface area (Å²) in [7, 11) is 0. The van der Waals surface area contributed by atoms with E-state index in [2.05, 4.69) is 29.3 Å². The van der Waals surface area contributed by atoms with Crippen LogP contribution in [-0.4, -0.2) is 53.9 Å². The Labute approximate surface area is 165 Å². The van der Waals surface area contributed by atoms with Crippen LogP contribution in [0.3, 0.4) is 0 Å². The summed E-state index contributed by atoms with van der Waals surface area (Å²) in [6.45, 7) is 8.84. The van der Waals surface area contributed by atoms with E-state index in [9.17, 15) is 4.79 Å². The van der Waals surface area contributed by atoms with Crippen LogP contribution in [0.2, 0.25) is 0 Å². The van der Waals surface area contributed by atoms with Gasteiger partial charge in [-0.1, -0.05) is 23.8 Å². The molecule has 2 aromatic rings. The van der Waals surface area contributed by atoms with Crippen LogP contribution in [0, 0.1) is 6.92 Å². The number of carbonyl (C=O) groups excluding carboxylic acids is 1. The second kappa shape index (κ2) is 7.54. The maximum Gasteiger partial charge on any atom is 0.317 e. The molecule has 0 radical (unpaired) electrons. The topological polar surface area (TPSA) is 57.2 Å². The summed E-state index contributed by atoms with van der Waals surface area (Å²) in [4.78, 5) is 21.4. The Bertz CT molecular complexity index is 915. The molecule has 28 heavy (non-hydrogen) atoms. The fourth-order valence-electron chi connectivity index (χ4n) is 3.54. The zero-order valence-corrected chi connectivity index (χ0v) is 16.6. The highest BCUT2D eigenvalue weighted by Gasteiger charge is 2.27. The van der Waals surface area contributed by atoms with Crippen molar-refractivity contribution in [1.82, 2.24) is 15.1 Å². The molecule has 2 amide bonds. The number of para-hydroxylation sites is 2. The Balaban J connectivity index is 1.63. The number of piperazine rings is 1. The van der Waals surface area contributed by atoms with E-state index < -0.39 is 0 Å². The smallest absolute Gasteiger partial charge is 0.317 e. The van der Waals surface area contributed by atoms with Gasteiger partial charge >= 0.3 is 6.03 Å². The van der Waals surface area contributed by atoms with E-state index in [4.69, 9.17) is 9.73 Å². The van der Waals surface area contributed by atoms with Gasteiger partial charge in [-0.3, -0.25) is 0 Å². The average molecular weight is 378 g/mol. The summed E-state index contributed by atoms with van der Waals surface area (Å²) in [5, 5.41) is 2.97. The van der Waals surface area contributed by atoms with Crippen molar-refractivity contribution in [3.05, 3.63) is 53.6 Å². The molecule has 6 heteroatoms. The van der Waals surface area contributed by atoms with Crippen molar-refractivity contribution >= 4 is 17.6 Å². The number of ether oxygens (including phenoxy) is 1. The minimum Gasteiger partial charge on any atom is -0.454 e. The van der Waals surface area contributed by atoms with Crippen molar-refractivity contribution < 1.29 is 9.53 Å². The van der Waals surface area contributed by atoms with Crippen LogP contribution in [0.1, 0.15) is 25.0 Å². The van der Waals surface area contributed by atoms with Crippen LogP contribution >= 0.6 is 0 Å². The highest BCUT2D eigenvalue weighted by molar-refractivity contribution is 6.04. The number of rotatable bonds is 1. The lowest BCUT2D eigenvalue weighted by Crippen LogP contribution is -2.54. The number of hydrogen-bond acceptors (Lipinski definition) is 4. The third kappa shape index (κ3) is 3.67. The normalized spacial score (nSPS) is 15.9. The monoisotopic (exact) mass is 378 g/mol. The zero-order valence-electron chi connectivity index (χ0n) is 16.6. The first-order chi connectivity index (χ1) is 13.5. The van der Waals surface area contributed by atoms with Crippen molar-refractivity contribution in [3.8, 4) is 11.5 Å². The molecule has 0 spiro atoms. The molecule has 6 nitrogen and oxygen atoms in total. The molecule has 0 saturated carbocycles. The predicted molar refractivity (Wildman–Crippen MR) is 111 cm³/mol. The second-order valence-electron chi connectivity index (χ2n) is 7.58. The molecule has 0 atom stereocenters. The molecule has 2 aliphatic heterocycles. The van der Waals surface area contributed by atoms with Crippen LogP contribution < -0.4 is 10.1 Å². The molecule has 0 aromatic heterocycles. The summed E-state index contributed by atoms with van der Waals surface area (Å²) in [6, 6.07) is 14.2. The van der Waals surface area contributed by atoms with E-state index in [1.54, 1.807) is 0 Å². The fraction of sp³-hybridized carbons (Fsp3) is 0.364. The van der Waals surface area contributed by atoms with Crippen LogP contribution in [0.25, 0.3) is 0 Å². The van der Waals surface area contributed by atoms with Gasteiger partial charge in [-0.2, -0.15) is 0 Å². The lowest BCUT2D eigenvalue weighted by atomic mass is 10.1. The largest absolute Gasteiger partial charge is 0.454 e. The summed E-state index contributed by atoms with van der Waals surface area (Å²) >= 11 is 0. The highest BCUT2D eigenvalue weighted by atomic mass is 16.5. The lowest BCUT2D eigenvalue weighted by Gasteiger charge is -2.36. The van der Waals surface area contributed by atoms with Gasteiger partial charge in [-0.15, -0.1) is 0 Å². The number of nitrogens with one attached hydrogen (secondary N) is 1. The summed E-state index contributed by atoms with van der Waals surface area (Å²) < 4.78 is 6.17. The van der Waals surface area contributed by atoms with Crippen LogP contribution in [0.4, 0.5) is 10.5 Å². The first kappa shape index (κ1) is 18.3. The number of hydrogen-bond donors (Lipinski definition) is 1. The third-order valence-electron chi connectivity index (χ3n) is 4.97. The van der Waals surface area contributed by atoms with E-state index in [-0.39, 0.29) is 12.1 Å².